The van der Waals surface area contributed by atoms with Gasteiger partial charge in [-0.1, -0.05) is 30.3 Å². The Bertz CT molecular complexity index is 494. The van der Waals surface area contributed by atoms with Gasteiger partial charge in [0.15, 0.2) is 0 Å². The standard InChI is InChI=1S/C13H11N/c1-2-4-11-10(3-1)8-14-6-5-9-7-12(9)13(11)14/h1-5H,6-8H2. The fraction of sp³-hybridized carbons (Fsp3) is 0.231. The average molecular weight is 181 g/mol. The van der Waals surface area contributed by atoms with Crippen LogP contribution in [0.4, 0.5) is 0 Å². The van der Waals surface area contributed by atoms with Crippen molar-refractivity contribution in [3.63, 3.8) is 0 Å². The van der Waals surface area contributed by atoms with Crippen LogP contribution in [0, 0.1) is 0 Å². The highest BCUT2D eigenvalue weighted by Gasteiger charge is 2.36. The number of rotatable bonds is 0. The van der Waals surface area contributed by atoms with Crippen molar-refractivity contribution in [2.75, 3.05) is 6.54 Å². The second kappa shape index (κ2) is 2.11. The van der Waals surface area contributed by atoms with Crippen molar-refractivity contribution in [2.45, 2.75) is 13.0 Å². The minimum absolute atomic E-state index is 1.11. The molecule has 0 N–H and O–H groups in total. The van der Waals surface area contributed by atoms with Crippen molar-refractivity contribution in [2.24, 2.45) is 0 Å². The monoisotopic (exact) mass is 181 g/mol. The molecule has 0 atom stereocenters. The zero-order chi connectivity index (χ0) is 9.12. The van der Waals surface area contributed by atoms with E-state index in [0.29, 0.717) is 0 Å². The van der Waals surface area contributed by atoms with E-state index in [1.807, 2.05) is 0 Å². The van der Waals surface area contributed by atoms with E-state index in [-0.39, 0.29) is 0 Å². The van der Waals surface area contributed by atoms with Gasteiger partial charge in [0.25, 0.3) is 0 Å². The molecule has 4 rings (SSSR count). The van der Waals surface area contributed by atoms with Crippen LogP contribution in [0.3, 0.4) is 0 Å². The Morgan fingerprint density at radius 2 is 2.07 bits per heavy atom. The third-order valence-electron chi connectivity index (χ3n) is 3.42. The molecule has 1 saturated carbocycles. The van der Waals surface area contributed by atoms with E-state index in [0.717, 1.165) is 13.1 Å². The van der Waals surface area contributed by atoms with E-state index in [4.69, 9.17) is 0 Å². The summed E-state index contributed by atoms with van der Waals surface area (Å²) >= 11 is 0. The zero-order valence-electron chi connectivity index (χ0n) is 7.96. The molecule has 0 saturated heterocycles. The van der Waals surface area contributed by atoms with Crippen molar-refractivity contribution in [3.8, 4) is 0 Å². The Balaban J connectivity index is 2.01. The van der Waals surface area contributed by atoms with E-state index < -0.39 is 0 Å². The molecule has 0 radical (unpaired) electrons. The van der Waals surface area contributed by atoms with Gasteiger partial charge >= 0.3 is 0 Å². The Kier molecular flexibility index (Phi) is 1.04. The molecule has 1 heteroatoms. The minimum atomic E-state index is 1.11. The molecule has 0 spiro atoms. The number of hydrogen-bond donors (Lipinski definition) is 0. The molecule has 0 aromatic heterocycles. The maximum atomic E-state index is 2.50. The van der Waals surface area contributed by atoms with Crippen LogP contribution in [-0.2, 0) is 6.54 Å². The van der Waals surface area contributed by atoms with Gasteiger partial charge in [0.2, 0.25) is 0 Å². The van der Waals surface area contributed by atoms with Crippen LogP contribution in [0.2, 0.25) is 0 Å². The maximum Gasteiger partial charge on any atom is 0.0487 e. The van der Waals surface area contributed by atoms with Gasteiger partial charge in [0.05, 0.1) is 0 Å². The Labute approximate surface area is 83.3 Å². The van der Waals surface area contributed by atoms with Crippen LogP contribution in [0.15, 0.2) is 41.5 Å². The average Bonchev–Trinajstić information content (AvgIpc) is 2.91. The highest BCUT2D eigenvalue weighted by molar-refractivity contribution is 5.83. The normalized spacial score (nSPS) is 21.4. The molecule has 68 valence electrons. The van der Waals surface area contributed by atoms with E-state index in [1.165, 1.54) is 23.2 Å². The van der Waals surface area contributed by atoms with Gasteiger partial charge in [-0.15, -0.1) is 0 Å². The van der Waals surface area contributed by atoms with Gasteiger partial charge in [-0.2, -0.15) is 0 Å². The second-order valence-electron chi connectivity index (χ2n) is 4.27. The topological polar surface area (TPSA) is 3.24 Å². The van der Waals surface area contributed by atoms with Crippen molar-refractivity contribution in [3.05, 3.63) is 52.6 Å². The summed E-state index contributed by atoms with van der Waals surface area (Å²) in [7, 11) is 0. The van der Waals surface area contributed by atoms with Gasteiger partial charge in [-0.05, 0) is 23.1 Å². The molecule has 1 aromatic rings. The molecule has 1 aliphatic carbocycles. The summed E-state index contributed by atoms with van der Waals surface area (Å²) in [6, 6.07) is 8.81. The first-order valence-corrected chi connectivity index (χ1v) is 5.19. The zero-order valence-corrected chi connectivity index (χ0v) is 7.96. The van der Waals surface area contributed by atoms with Gasteiger partial charge in [-0.25, -0.2) is 0 Å². The third-order valence-corrected chi connectivity index (χ3v) is 3.42. The first-order chi connectivity index (χ1) is 6.93. The summed E-state index contributed by atoms with van der Waals surface area (Å²) < 4.78 is 0. The highest BCUT2D eigenvalue weighted by Crippen LogP contribution is 2.50. The Hall–Kier alpha value is -1.50. The second-order valence-corrected chi connectivity index (χ2v) is 4.27. The Morgan fingerprint density at radius 1 is 1.14 bits per heavy atom. The molecule has 0 unspecified atom stereocenters. The summed E-state index contributed by atoms with van der Waals surface area (Å²) in [5.74, 6) is 0. The van der Waals surface area contributed by atoms with Crippen molar-refractivity contribution in [1.29, 1.82) is 0 Å². The van der Waals surface area contributed by atoms with Crippen LogP contribution in [-0.4, -0.2) is 11.4 Å². The van der Waals surface area contributed by atoms with Crippen molar-refractivity contribution < 1.29 is 0 Å². The SMILES string of the molecule is C1=C2CC2=C2c3ccccc3CN2C1. The van der Waals surface area contributed by atoms with Crippen molar-refractivity contribution >= 4 is 5.70 Å². The third kappa shape index (κ3) is 0.711. The van der Waals surface area contributed by atoms with Crippen LogP contribution < -0.4 is 0 Å². The molecule has 0 amide bonds. The fourth-order valence-electron chi connectivity index (χ4n) is 2.65. The quantitative estimate of drug-likeness (QED) is 0.594. The largest absolute Gasteiger partial charge is 0.363 e. The molecule has 0 bridgehead atoms. The van der Waals surface area contributed by atoms with E-state index in [9.17, 15) is 0 Å². The lowest BCUT2D eigenvalue weighted by Gasteiger charge is -2.20. The summed E-state index contributed by atoms with van der Waals surface area (Å²) in [5.41, 5.74) is 7.69. The lowest BCUT2D eigenvalue weighted by Crippen LogP contribution is -2.16. The van der Waals surface area contributed by atoms with Crippen LogP contribution >= 0.6 is 0 Å². The summed E-state index contributed by atoms with van der Waals surface area (Å²) in [4.78, 5) is 2.50. The molecule has 1 fully saturated rings. The fourth-order valence-corrected chi connectivity index (χ4v) is 2.65. The number of allylic oxidation sites excluding steroid dienone is 2. The van der Waals surface area contributed by atoms with Gasteiger partial charge in [0.1, 0.15) is 0 Å². The molecule has 2 heterocycles. The van der Waals surface area contributed by atoms with Crippen LogP contribution in [0.1, 0.15) is 17.5 Å². The van der Waals surface area contributed by atoms with E-state index >= 15 is 0 Å². The molecule has 3 aliphatic rings. The number of nitrogens with zero attached hydrogens (tertiary/aromatic N) is 1. The van der Waals surface area contributed by atoms with E-state index in [1.54, 1.807) is 11.1 Å². The summed E-state index contributed by atoms with van der Waals surface area (Å²) in [6.07, 6.45) is 3.62. The van der Waals surface area contributed by atoms with E-state index in [2.05, 4.69) is 35.2 Å². The number of fused-ring (bicyclic) bond motifs is 4. The van der Waals surface area contributed by atoms with Crippen LogP contribution in [0.5, 0.6) is 0 Å². The van der Waals surface area contributed by atoms with Gasteiger partial charge in [-0.3, -0.25) is 0 Å². The molecular formula is C13H11N. The van der Waals surface area contributed by atoms with Gasteiger partial charge in [0, 0.05) is 24.4 Å². The first kappa shape index (κ1) is 6.88. The Morgan fingerprint density at radius 3 is 3.07 bits per heavy atom. The predicted molar refractivity (Wildman–Crippen MR) is 56.5 cm³/mol. The first-order valence-electron chi connectivity index (χ1n) is 5.19. The predicted octanol–water partition coefficient (Wildman–Crippen LogP) is 2.56. The summed E-state index contributed by atoms with van der Waals surface area (Å²) in [5, 5.41) is 0. The molecule has 1 aromatic carbocycles. The lowest BCUT2D eigenvalue weighted by atomic mass is 10.1. The summed E-state index contributed by atoms with van der Waals surface area (Å²) in [6.45, 7) is 2.22. The molecule has 1 nitrogen and oxygen atoms in total. The minimum Gasteiger partial charge on any atom is -0.363 e. The molecule has 2 aliphatic heterocycles. The smallest absolute Gasteiger partial charge is 0.0487 e. The molecular weight excluding hydrogens is 170 g/mol. The van der Waals surface area contributed by atoms with Gasteiger partial charge < -0.3 is 4.90 Å². The lowest BCUT2D eigenvalue weighted by molar-refractivity contribution is 0.451. The maximum absolute atomic E-state index is 2.50. The molecule has 14 heavy (non-hydrogen) atoms. The highest BCUT2D eigenvalue weighted by atomic mass is 15.2. The number of benzene rings is 1. The van der Waals surface area contributed by atoms with Crippen LogP contribution in [0.25, 0.3) is 5.70 Å². The number of hydrogen-bond acceptors (Lipinski definition) is 1. The van der Waals surface area contributed by atoms with Crippen molar-refractivity contribution in [1.82, 2.24) is 4.90 Å².